The Balaban J connectivity index is 2.34. The Hall–Kier alpha value is -1.42. The molecule has 0 fully saturated rings. The summed E-state index contributed by atoms with van der Waals surface area (Å²) in [6, 6.07) is 3.94. The maximum atomic E-state index is 4.34. The van der Waals surface area contributed by atoms with Gasteiger partial charge in [0.15, 0.2) is 0 Å². The normalized spacial score (nSPS) is 10.1. The molecule has 72 valence electrons. The molecule has 0 bridgehead atoms. The van der Waals surface area contributed by atoms with E-state index >= 15 is 0 Å². The van der Waals surface area contributed by atoms with Gasteiger partial charge in [0.25, 0.3) is 0 Å². The van der Waals surface area contributed by atoms with Gasteiger partial charge in [-0.25, -0.2) is 4.98 Å². The van der Waals surface area contributed by atoms with Gasteiger partial charge in [-0.3, -0.25) is 4.98 Å². The molecule has 0 aromatic carbocycles. The fraction of sp³-hybridized carbons (Fsp3) is 0.200. The van der Waals surface area contributed by atoms with Crippen molar-refractivity contribution in [3.8, 4) is 10.6 Å². The molecule has 4 heteroatoms. The van der Waals surface area contributed by atoms with Crippen molar-refractivity contribution in [3.05, 3.63) is 30.7 Å². The van der Waals surface area contributed by atoms with E-state index in [0.717, 1.165) is 15.6 Å². The molecule has 0 aliphatic heterocycles. The van der Waals surface area contributed by atoms with Crippen LogP contribution in [-0.4, -0.2) is 24.1 Å². The molecule has 2 aromatic rings. The Bertz CT molecular complexity index is 408. The van der Waals surface area contributed by atoms with Gasteiger partial charge in [-0.1, -0.05) is 11.3 Å². The minimum atomic E-state index is 1.02. The number of hydrogen-bond donors (Lipinski definition) is 0. The summed E-state index contributed by atoms with van der Waals surface area (Å²) in [6.45, 7) is 0. The van der Waals surface area contributed by atoms with E-state index in [9.17, 15) is 0 Å². The zero-order valence-electron chi connectivity index (χ0n) is 8.14. The van der Waals surface area contributed by atoms with E-state index < -0.39 is 0 Å². The summed E-state index contributed by atoms with van der Waals surface area (Å²) in [7, 11) is 4.03. The van der Waals surface area contributed by atoms with Crippen LogP contribution < -0.4 is 4.90 Å². The summed E-state index contributed by atoms with van der Waals surface area (Å²) >= 11 is 1.67. The van der Waals surface area contributed by atoms with E-state index in [1.807, 2.05) is 38.6 Å². The zero-order valence-corrected chi connectivity index (χ0v) is 8.95. The summed E-state index contributed by atoms with van der Waals surface area (Å²) in [4.78, 5) is 10.5. The van der Waals surface area contributed by atoms with Gasteiger partial charge in [0, 0.05) is 32.1 Å². The molecule has 0 unspecified atom stereocenters. The zero-order chi connectivity index (χ0) is 9.97. The monoisotopic (exact) mass is 205 g/mol. The Morgan fingerprint density at radius 1 is 1.29 bits per heavy atom. The van der Waals surface area contributed by atoms with Crippen LogP contribution in [0.5, 0.6) is 0 Å². The Morgan fingerprint density at radius 2 is 2.14 bits per heavy atom. The largest absolute Gasteiger partial charge is 0.368 e. The van der Waals surface area contributed by atoms with Gasteiger partial charge in [-0.2, -0.15) is 0 Å². The van der Waals surface area contributed by atoms with Crippen molar-refractivity contribution in [2.75, 3.05) is 19.0 Å². The molecule has 0 amide bonds. The summed E-state index contributed by atoms with van der Waals surface area (Å²) < 4.78 is 0. The van der Waals surface area contributed by atoms with Gasteiger partial charge in [-0.05, 0) is 12.1 Å². The molecule has 0 atom stereocenters. The second kappa shape index (κ2) is 3.75. The fourth-order valence-corrected chi connectivity index (χ4v) is 1.93. The third kappa shape index (κ3) is 1.75. The van der Waals surface area contributed by atoms with Gasteiger partial charge in [0.1, 0.15) is 10.0 Å². The first-order valence-electron chi connectivity index (χ1n) is 4.31. The Kier molecular flexibility index (Phi) is 2.45. The molecule has 2 heterocycles. The molecule has 0 radical (unpaired) electrons. The maximum Gasteiger partial charge on any atom is 0.126 e. The van der Waals surface area contributed by atoms with Crippen molar-refractivity contribution < 1.29 is 0 Å². The summed E-state index contributed by atoms with van der Waals surface area (Å²) in [5, 5.41) is 2.17. The van der Waals surface area contributed by atoms with Crippen LogP contribution in [0.3, 0.4) is 0 Å². The minimum absolute atomic E-state index is 1.02. The van der Waals surface area contributed by atoms with E-state index in [1.54, 1.807) is 17.5 Å². The number of nitrogens with zero attached hydrogens (tertiary/aromatic N) is 3. The van der Waals surface area contributed by atoms with Crippen LogP contribution in [0.4, 0.5) is 5.00 Å². The van der Waals surface area contributed by atoms with Crippen LogP contribution in [0.25, 0.3) is 10.6 Å². The predicted molar refractivity (Wildman–Crippen MR) is 59.7 cm³/mol. The van der Waals surface area contributed by atoms with Gasteiger partial charge in [-0.15, -0.1) is 0 Å². The first-order chi connectivity index (χ1) is 6.77. The molecular formula is C10H11N3S. The molecule has 0 aliphatic carbocycles. The van der Waals surface area contributed by atoms with Crippen LogP contribution in [0.15, 0.2) is 30.7 Å². The summed E-state index contributed by atoms with van der Waals surface area (Å²) in [5.41, 5.74) is 1.07. The lowest BCUT2D eigenvalue weighted by Crippen LogP contribution is -2.05. The fourth-order valence-electron chi connectivity index (χ4n) is 1.10. The molecule has 2 aromatic heterocycles. The number of rotatable bonds is 2. The molecule has 14 heavy (non-hydrogen) atoms. The molecule has 0 N–H and O–H groups in total. The van der Waals surface area contributed by atoms with E-state index in [1.165, 1.54) is 0 Å². The van der Waals surface area contributed by atoms with Crippen LogP contribution in [0.2, 0.25) is 0 Å². The third-order valence-electron chi connectivity index (χ3n) is 1.84. The molecule has 0 saturated heterocycles. The van der Waals surface area contributed by atoms with Crippen molar-refractivity contribution in [2.45, 2.75) is 0 Å². The van der Waals surface area contributed by atoms with Crippen LogP contribution in [0, 0.1) is 0 Å². The first-order valence-corrected chi connectivity index (χ1v) is 5.12. The van der Waals surface area contributed by atoms with Crippen LogP contribution >= 0.6 is 11.3 Å². The average molecular weight is 205 g/mol. The molecular weight excluding hydrogens is 194 g/mol. The summed E-state index contributed by atoms with van der Waals surface area (Å²) in [6.07, 6.45) is 5.48. The summed E-state index contributed by atoms with van der Waals surface area (Å²) in [5.74, 6) is 0. The number of hydrogen-bond acceptors (Lipinski definition) is 4. The van der Waals surface area contributed by atoms with E-state index in [4.69, 9.17) is 0 Å². The molecule has 0 spiro atoms. The number of aromatic nitrogens is 2. The maximum absolute atomic E-state index is 4.34. The lowest BCUT2D eigenvalue weighted by atomic mass is 10.3. The highest BCUT2D eigenvalue weighted by atomic mass is 32.1. The first kappa shape index (κ1) is 9.15. The topological polar surface area (TPSA) is 29.0 Å². The number of thiazole rings is 1. The highest BCUT2D eigenvalue weighted by molar-refractivity contribution is 7.18. The predicted octanol–water partition coefficient (Wildman–Crippen LogP) is 2.27. The van der Waals surface area contributed by atoms with E-state index in [2.05, 4.69) is 14.9 Å². The van der Waals surface area contributed by atoms with Crippen molar-refractivity contribution in [2.24, 2.45) is 0 Å². The van der Waals surface area contributed by atoms with Crippen LogP contribution in [0.1, 0.15) is 0 Å². The second-order valence-electron chi connectivity index (χ2n) is 3.14. The Morgan fingerprint density at radius 3 is 2.71 bits per heavy atom. The SMILES string of the molecule is CN(C)c1cnc(-c2cccnc2)s1. The average Bonchev–Trinajstić information content (AvgIpc) is 2.68. The molecule has 3 nitrogen and oxygen atoms in total. The van der Waals surface area contributed by atoms with Gasteiger partial charge < -0.3 is 4.90 Å². The lowest BCUT2D eigenvalue weighted by Gasteiger charge is -2.05. The van der Waals surface area contributed by atoms with Crippen LogP contribution in [-0.2, 0) is 0 Å². The van der Waals surface area contributed by atoms with E-state index in [-0.39, 0.29) is 0 Å². The lowest BCUT2D eigenvalue weighted by molar-refractivity contribution is 1.15. The quantitative estimate of drug-likeness (QED) is 0.753. The number of anilines is 1. The third-order valence-corrected chi connectivity index (χ3v) is 3.06. The van der Waals surface area contributed by atoms with Crippen molar-refractivity contribution in [3.63, 3.8) is 0 Å². The van der Waals surface area contributed by atoms with Crippen molar-refractivity contribution >= 4 is 16.3 Å². The van der Waals surface area contributed by atoms with E-state index in [0.29, 0.717) is 0 Å². The van der Waals surface area contributed by atoms with Gasteiger partial charge in [0.2, 0.25) is 0 Å². The molecule has 0 aliphatic rings. The van der Waals surface area contributed by atoms with Gasteiger partial charge in [0.05, 0.1) is 6.20 Å². The second-order valence-corrected chi connectivity index (χ2v) is 4.15. The highest BCUT2D eigenvalue weighted by Gasteiger charge is 2.04. The van der Waals surface area contributed by atoms with Gasteiger partial charge >= 0.3 is 0 Å². The molecule has 2 rings (SSSR count). The highest BCUT2D eigenvalue weighted by Crippen LogP contribution is 2.28. The standard InChI is InChI=1S/C10H11N3S/c1-13(2)9-7-12-10(14-9)8-4-3-5-11-6-8/h3-7H,1-2H3. The van der Waals surface area contributed by atoms with Crippen molar-refractivity contribution in [1.29, 1.82) is 0 Å². The minimum Gasteiger partial charge on any atom is -0.368 e. The number of pyridine rings is 1. The molecule has 0 saturated carbocycles. The van der Waals surface area contributed by atoms with Crippen molar-refractivity contribution in [1.82, 2.24) is 9.97 Å². The smallest absolute Gasteiger partial charge is 0.126 e. The Labute approximate surface area is 87.1 Å².